The van der Waals surface area contributed by atoms with E-state index < -0.39 is 4.92 Å². The molecule has 0 aliphatic heterocycles. The number of ether oxygens (including phenoxy) is 1. The lowest BCUT2D eigenvalue weighted by molar-refractivity contribution is -0.385. The number of carbonyl (C=O) groups is 1. The number of aryl methyl sites for hydroxylation is 4. The van der Waals surface area contributed by atoms with Crippen molar-refractivity contribution >= 4 is 50.6 Å². The average Bonchev–Trinajstić information content (AvgIpc) is 3.27. The fourth-order valence-corrected chi connectivity index (χ4v) is 5.87. The molecule has 0 bridgehead atoms. The van der Waals surface area contributed by atoms with E-state index in [4.69, 9.17) is 4.74 Å². The van der Waals surface area contributed by atoms with Crippen molar-refractivity contribution in [3.8, 4) is 5.75 Å². The van der Waals surface area contributed by atoms with Crippen molar-refractivity contribution < 1.29 is 14.5 Å². The summed E-state index contributed by atoms with van der Waals surface area (Å²) in [5.41, 5.74) is 2.28. The van der Waals surface area contributed by atoms with Gasteiger partial charge < -0.3 is 10.1 Å². The van der Waals surface area contributed by atoms with E-state index in [0.29, 0.717) is 17.1 Å². The number of nitrogens with one attached hydrogen (secondary N) is 1. The number of aromatic nitrogens is 2. The number of nitrogens with zero attached hydrogens (tertiary/aromatic N) is 3. The van der Waals surface area contributed by atoms with E-state index >= 15 is 0 Å². The molecule has 0 unspecified atom stereocenters. The molecule has 0 saturated carbocycles. The highest BCUT2D eigenvalue weighted by atomic mass is 32.2. The number of fused-ring (bicyclic) bond motifs is 3. The number of amides is 1. The summed E-state index contributed by atoms with van der Waals surface area (Å²) in [6.07, 6.45) is 3.27. The number of nitro benzene ring substituents is 1. The standard InChI is InChI=1S/C20H20N4O4S2/c1-10-7-14(24(26)27)15(28-3)8-13(10)23-17(25)9-29-19-18-12-5-4-6-16(12)30-20(18)22-11(2)21-19/h7-8H,4-6,9H2,1-3H3,(H,23,25). The van der Waals surface area contributed by atoms with Gasteiger partial charge in [-0.2, -0.15) is 0 Å². The van der Waals surface area contributed by atoms with Crippen molar-refractivity contribution in [1.82, 2.24) is 9.97 Å². The Morgan fingerprint density at radius 2 is 2.13 bits per heavy atom. The molecule has 0 saturated heterocycles. The third-order valence-electron chi connectivity index (χ3n) is 4.98. The fraction of sp³-hybridized carbons (Fsp3) is 0.350. The molecule has 30 heavy (non-hydrogen) atoms. The third-order valence-corrected chi connectivity index (χ3v) is 7.14. The van der Waals surface area contributed by atoms with Gasteiger partial charge in [-0.1, -0.05) is 11.8 Å². The smallest absolute Gasteiger partial charge is 0.311 e. The quantitative estimate of drug-likeness (QED) is 0.259. The molecule has 0 radical (unpaired) electrons. The Morgan fingerprint density at radius 3 is 2.87 bits per heavy atom. The van der Waals surface area contributed by atoms with Crippen LogP contribution in [0, 0.1) is 24.0 Å². The maximum Gasteiger partial charge on any atom is 0.311 e. The van der Waals surface area contributed by atoms with Gasteiger partial charge >= 0.3 is 5.69 Å². The summed E-state index contributed by atoms with van der Waals surface area (Å²) in [5.74, 6) is 0.765. The first-order chi connectivity index (χ1) is 14.4. The van der Waals surface area contributed by atoms with Crippen molar-refractivity contribution in [2.45, 2.75) is 38.1 Å². The summed E-state index contributed by atoms with van der Waals surface area (Å²) < 4.78 is 5.09. The van der Waals surface area contributed by atoms with Crippen LogP contribution in [0.5, 0.6) is 5.75 Å². The summed E-state index contributed by atoms with van der Waals surface area (Å²) in [5, 5.41) is 15.9. The van der Waals surface area contributed by atoms with Crippen LogP contribution in [0.3, 0.4) is 0 Å². The Bertz CT molecular complexity index is 1180. The summed E-state index contributed by atoms with van der Waals surface area (Å²) in [6.45, 7) is 3.57. The van der Waals surface area contributed by atoms with Gasteiger partial charge in [-0.3, -0.25) is 14.9 Å². The van der Waals surface area contributed by atoms with Crippen molar-refractivity contribution in [2.24, 2.45) is 0 Å². The lowest BCUT2D eigenvalue weighted by atomic mass is 10.1. The van der Waals surface area contributed by atoms with E-state index in [1.165, 1.54) is 41.4 Å². The fourth-order valence-electron chi connectivity index (χ4n) is 3.60. The first-order valence-corrected chi connectivity index (χ1v) is 11.2. The molecule has 0 fully saturated rings. The maximum absolute atomic E-state index is 12.6. The molecule has 2 aromatic heterocycles. The average molecular weight is 445 g/mol. The van der Waals surface area contributed by atoms with Crippen LogP contribution in [0.15, 0.2) is 17.2 Å². The second-order valence-electron chi connectivity index (χ2n) is 7.05. The molecule has 0 spiro atoms. The number of hydrogen-bond acceptors (Lipinski definition) is 8. The zero-order chi connectivity index (χ0) is 21.4. The number of hydrogen-bond donors (Lipinski definition) is 1. The number of nitro groups is 1. The predicted octanol–water partition coefficient (Wildman–Crippen LogP) is 4.44. The molecule has 10 heteroatoms. The molecule has 8 nitrogen and oxygen atoms in total. The number of methoxy groups -OCH3 is 1. The monoisotopic (exact) mass is 444 g/mol. The van der Waals surface area contributed by atoms with Crippen LogP contribution in [0.25, 0.3) is 10.2 Å². The van der Waals surface area contributed by atoms with E-state index in [-0.39, 0.29) is 23.1 Å². The number of thioether (sulfide) groups is 1. The van der Waals surface area contributed by atoms with Crippen LogP contribution in [-0.4, -0.2) is 33.7 Å². The Hall–Kier alpha value is -2.72. The molecule has 1 aliphatic carbocycles. The minimum Gasteiger partial charge on any atom is -0.490 e. The van der Waals surface area contributed by atoms with Crippen LogP contribution < -0.4 is 10.1 Å². The minimum absolute atomic E-state index is 0.107. The van der Waals surface area contributed by atoms with Gasteiger partial charge in [0.1, 0.15) is 15.7 Å². The first kappa shape index (κ1) is 20.5. The minimum atomic E-state index is -0.505. The molecule has 3 aromatic rings. The van der Waals surface area contributed by atoms with Crippen molar-refractivity contribution in [3.63, 3.8) is 0 Å². The topological polar surface area (TPSA) is 107 Å². The SMILES string of the molecule is COc1cc(NC(=O)CSc2nc(C)nc3sc4c(c23)CCC4)c(C)cc1[N+](=O)[O-]. The molecular weight excluding hydrogens is 424 g/mol. The molecule has 1 N–H and O–H groups in total. The number of anilines is 1. The van der Waals surface area contributed by atoms with Gasteiger partial charge in [0.25, 0.3) is 0 Å². The number of rotatable bonds is 6. The summed E-state index contributed by atoms with van der Waals surface area (Å²) in [4.78, 5) is 34.8. The third kappa shape index (κ3) is 3.84. The summed E-state index contributed by atoms with van der Waals surface area (Å²) >= 11 is 3.12. The molecule has 1 aliphatic rings. The van der Waals surface area contributed by atoms with Crippen LogP contribution in [-0.2, 0) is 17.6 Å². The predicted molar refractivity (Wildman–Crippen MR) is 118 cm³/mol. The molecule has 2 heterocycles. The van der Waals surface area contributed by atoms with Crippen LogP contribution in [0.1, 0.15) is 28.2 Å². The van der Waals surface area contributed by atoms with Gasteiger partial charge in [0, 0.05) is 28.1 Å². The Kier molecular flexibility index (Phi) is 5.61. The second kappa shape index (κ2) is 8.19. The maximum atomic E-state index is 12.6. The number of benzene rings is 1. The van der Waals surface area contributed by atoms with E-state index in [0.717, 1.165) is 34.5 Å². The van der Waals surface area contributed by atoms with Gasteiger partial charge in [0.05, 0.1) is 17.8 Å². The number of thiophene rings is 1. The van der Waals surface area contributed by atoms with Crippen LogP contribution >= 0.6 is 23.1 Å². The highest BCUT2D eigenvalue weighted by molar-refractivity contribution is 8.00. The first-order valence-electron chi connectivity index (χ1n) is 9.42. The zero-order valence-corrected chi connectivity index (χ0v) is 18.4. The Labute approximate surface area is 181 Å². The molecule has 0 atom stereocenters. The van der Waals surface area contributed by atoms with E-state index in [1.54, 1.807) is 18.3 Å². The van der Waals surface area contributed by atoms with Crippen molar-refractivity contribution in [3.05, 3.63) is 44.1 Å². The highest BCUT2D eigenvalue weighted by Crippen LogP contribution is 2.40. The van der Waals surface area contributed by atoms with E-state index in [2.05, 4.69) is 15.3 Å². The second-order valence-corrected chi connectivity index (χ2v) is 9.09. The summed E-state index contributed by atoms with van der Waals surface area (Å²) in [7, 11) is 1.36. The van der Waals surface area contributed by atoms with Crippen molar-refractivity contribution in [2.75, 3.05) is 18.2 Å². The van der Waals surface area contributed by atoms with Gasteiger partial charge in [-0.15, -0.1) is 11.3 Å². The van der Waals surface area contributed by atoms with Gasteiger partial charge in [0.2, 0.25) is 5.91 Å². The lowest BCUT2D eigenvalue weighted by Crippen LogP contribution is -2.15. The van der Waals surface area contributed by atoms with Gasteiger partial charge in [-0.05, 0) is 44.2 Å². The largest absolute Gasteiger partial charge is 0.490 e. The highest BCUT2D eigenvalue weighted by Gasteiger charge is 2.23. The molecule has 4 rings (SSSR count). The summed E-state index contributed by atoms with van der Waals surface area (Å²) in [6, 6.07) is 2.88. The van der Waals surface area contributed by atoms with Crippen LogP contribution in [0.4, 0.5) is 11.4 Å². The Balaban J connectivity index is 1.53. The zero-order valence-electron chi connectivity index (χ0n) is 16.8. The number of carbonyl (C=O) groups excluding carboxylic acids is 1. The lowest BCUT2D eigenvalue weighted by Gasteiger charge is -2.11. The van der Waals surface area contributed by atoms with E-state index in [1.807, 2.05) is 6.92 Å². The van der Waals surface area contributed by atoms with Gasteiger partial charge in [-0.25, -0.2) is 9.97 Å². The molecular formula is C20H20N4O4S2. The Morgan fingerprint density at radius 1 is 1.33 bits per heavy atom. The molecule has 156 valence electrons. The van der Waals surface area contributed by atoms with E-state index in [9.17, 15) is 14.9 Å². The molecule has 1 aromatic carbocycles. The normalized spacial score (nSPS) is 12.8. The van der Waals surface area contributed by atoms with Crippen LogP contribution in [0.2, 0.25) is 0 Å². The van der Waals surface area contributed by atoms with Crippen molar-refractivity contribution in [1.29, 1.82) is 0 Å². The molecule has 1 amide bonds. The van der Waals surface area contributed by atoms with Gasteiger partial charge in [0.15, 0.2) is 5.75 Å².